The lowest BCUT2D eigenvalue weighted by Crippen LogP contribution is -2.13. The van der Waals surface area contributed by atoms with Gasteiger partial charge in [0.15, 0.2) is 5.69 Å². The number of carbonyl (C=O) groups excluding carboxylic acids is 1. The van der Waals surface area contributed by atoms with Crippen LogP contribution in [0.15, 0.2) is 59.1 Å². The third-order valence-electron chi connectivity index (χ3n) is 3.49. The SMILES string of the molecule is Cc1ccc(NC(=O)c2cc(C)n(-c3ccccc3)n2)c(Br)c1. The van der Waals surface area contributed by atoms with Crippen molar-refractivity contribution in [2.45, 2.75) is 13.8 Å². The van der Waals surface area contributed by atoms with Crippen LogP contribution in [-0.4, -0.2) is 15.7 Å². The van der Waals surface area contributed by atoms with E-state index in [1.807, 2.05) is 62.4 Å². The van der Waals surface area contributed by atoms with Crippen LogP contribution < -0.4 is 5.32 Å². The zero-order valence-electron chi connectivity index (χ0n) is 12.9. The predicted octanol–water partition coefficient (Wildman–Crippen LogP) is 4.50. The molecule has 3 aromatic rings. The van der Waals surface area contributed by atoms with E-state index in [2.05, 4.69) is 26.3 Å². The molecule has 0 aliphatic rings. The van der Waals surface area contributed by atoms with Gasteiger partial charge in [-0.25, -0.2) is 4.68 Å². The number of aromatic nitrogens is 2. The molecule has 5 heteroatoms. The lowest BCUT2D eigenvalue weighted by atomic mass is 10.2. The molecule has 0 spiro atoms. The van der Waals surface area contributed by atoms with E-state index < -0.39 is 0 Å². The van der Waals surface area contributed by atoms with Gasteiger partial charge in [-0.15, -0.1) is 0 Å². The average Bonchev–Trinajstić information content (AvgIpc) is 2.93. The second-order valence-corrected chi connectivity index (χ2v) is 6.21. The predicted molar refractivity (Wildman–Crippen MR) is 95.1 cm³/mol. The molecule has 0 saturated carbocycles. The molecule has 0 atom stereocenters. The van der Waals surface area contributed by atoms with Crippen LogP contribution >= 0.6 is 15.9 Å². The molecule has 1 heterocycles. The average molecular weight is 370 g/mol. The van der Waals surface area contributed by atoms with Gasteiger partial charge < -0.3 is 5.32 Å². The molecule has 0 radical (unpaired) electrons. The number of benzene rings is 2. The van der Waals surface area contributed by atoms with Gasteiger partial charge in [-0.2, -0.15) is 5.10 Å². The highest BCUT2D eigenvalue weighted by molar-refractivity contribution is 9.10. The molecule has 2 aromatic carbocycles. The highest BCUT2D eigenvalue weighted by Crippen LogP contribution is 2.24. The second-order valence-electron chi connectivity index (χ2n) is 5.36. The quantitative estimate of drug-likeness (QED) is 0.738. The van der Waals surface area contributed by atoms with Crippen molar-refractivity contribution in [2.75, 3.05) is 5.32 Å². The largest absolute Gasteiger partial charge is 0.320 e. The van der Waals surface area contributed by atoms with E-state index in [9.17, 15) is 4.79 Å². The Balaban J connectivity index is 1.86. The number of nitrogens with zero attached hydrogens (tertiary/aromatic N) is 2. The molecule has 0 saturated heterocycles. The molecule has 0 unspecified atom stereocenters. The second kappa shape index (κ2) is 6.38. The number of rotatable bonds is 3. The summed E-state index contributed by atoms with van der Waals surface area (Å²) in [5.41, 5.74) is 4.08. The number of nitrogens with one attached hydrogen (secondary N) is 1. The zero-order chi connectivity index (χ0) is 16.4. The summed E-state index contributed by atoms with van der Waals surface area (Å²) >= 11 is 3.46. The molecular weight excluding hydrogens is 354 g/mol. The van der Waals surface area contributed by atoms with Gasteiger partial charge in [0.05, 0.1) is 11.4 Å². The maximum absolute atomic E-state index is 12.4. The van der Waals surface area contributed by atoms with Gasteiger partial charge in [0, 0.05) is 10.2 Å². The fraction of sp³-hybridized carbons (Fsp3) is 0.111. The number of amides is 1. The van der Waals surface area contributed by atoms with Crippen LogP contribution in [0, 0.1) is 13.8 Å². The third-order valence-corrected chi connectivity index (χ3v) is 4.15. The Bertz CT molecular complexity index is 856. The molecule has 4 nitrogen and oxygen atoms in total. The lowest BCUT2D eigenvalue weighted by molar-refractivity contribution is 0.102. The fourth-order valence-corrected chi connectivity index (χ4v) is 2.92. The van der Waals surface area contributed by atoms with Gasteiger partial charge >= 0.3 is 0 Å². The van der Waals surface area contributed by atoms with E-state index in [-0.39, 0.29) is 5.91 Å². The minimum atomic E-state index is -0.229. The normalized spacial score (nSPS) is 10.6. The topological polar surface area (TPSA) is 46.9 Å². The van der Waals surface area contributed by atoms with Crippen molar-refractivity contribution in [3.63, 3.8) is 0 Å². The standard InChI is InChI=1S/C18H16BrN3O/c1-12-8-9-16(15(19)10-12)20-18(23)17-11-13(2)22(21-17)14-6-4-3-5-7-14/h3-11H,1-2H3,(H,20,23). The third kappa shape index (κ3) is 3.35. The first-order valence-electron chi connectivity index (χ1n) is 7.24. The first kappa shape index (κ1) is 15.5. The Kier molecular flexibility index (Phi) is 4.30. The van der Waals surface area contributed by atoms with Gasteiger partial charge in [0.1, 0.15) is 0 Å². The van der Waals surface area contributed by atoms with E-state index in [4.69, 9.17) is 0 Å². The van der Waals surface area contributed by atoms with Crippen molar-refractivity contribution in [2.24, 2.45) is 0 Å². The molecule has 0 aliphatic heterocycles. The molecule has 0 fully saturated rings. The molecule has 3 rings (SSSR count). The molecule has 1 amide bonds. The van der Waals surface area contributed by atoms with E-state index in [0.29, 0.717) is 5.69 Å². The number of hydrogen-bond donors (Lipinski definition) is 1. The molecule has 0 bridgehead atoms. The van der Waals surface area contributed by atoms with E-state index in [1.54, 1.807) is 10.7 Å². The molecule has 116 valence electrons. The summed E-state index contributed by atoms with van der Waals surface area (Å²) in [7, 11) is 0. The molecule has 23 heavy (non-hydrogen) atoms. The Labute approximate surface area is 143 Å². The van der Waals surface area contributed by atoms with Gasteiger partial charge in [-0.05, 0) is 65.7 Å². The number of aryl methyl sites for hydroxylation is 2. The Morgan fingerprint density at radius 2 is 1.83 bits per heavy atom. The van der Waals surface area contributed by atoms with Gasteiger partial charge in [-0.3, -0.25) is 4.79 Å². The van der Waals surface area contributed by atoms with E-state index >= 15 is 0 Å². The monoisotopic (exact) mass is 369 g/mol. The number of carbonyl (C=O) groups is 1. The summed E-state index contributed by atoms with van der Waals surface area (Å²) in [4.78, 5) is 12.4. The highest BCUT2D eigenvalue weighted by atomic mass is 79.9. The Hall–Kier alpha value is -2.40. The first-order chi connectivity index (χ1) is 11.0. The number of para-hydroxylation sites is 1. The van der Waals surface area contributed by atoms with Gasteiger partial charge in [0.25, 0.3) is 5.91 Å². The summed E-state index contributed by atoms with van der Waals surface area (Å²) in [6, 6.07) is 17.3. The number of anilines is 1. The molecule has 0 aliphatic carbocycles. The van der Waals surface area contributed by atoms with Crippen molar-refractivity contribution in [1.82, 2.24) is 9.78 Å². The van der Waals surface area contributed by atoms with Crippen LogP contribution in [0.4, 0.5) is 5.69 Å². The summed E-state index contributed by atoms with van der Waals surface area (Å²) in [6.07, 6.45) is 0. The van der Waals surface area contributed by atoms with Crippen LogP contribution in [0.3, 0.4) is 0 Å². The summed E-state index contributed by atoms with van der Waals surface area (Å²) in [5, 5.41) is 7.30. The molecule has 1 N–H and O–H groups in total. The summed E-state index contributed by atoms with van der Waals surface area (Å²) in [5.74, 6) is -0.229. The van der Waals surface area contributed by atoms with Gasteiger partial charge in [-0.1, -0.05) is 24.3 Å². The van der Waals surface area contributed by atoms with Gasteiger partial charge in [0.2, 0.25) is 0 Å². The molecular formula is C18H16BrN3O. The van der Waals surface area contributed by atoms with Crippen molar-refractivity contribution in [3.05, 3.63) is 76.0 Å². The first-order valence-corrected chi connectivity index (χ1v) is 8.03. The zero-order valence-corrected chi connectivity index (χ0v) is 14.5. The van der Waals surface area contributed by atoms with Crippen LogP contribution in [0.1, 0.15) is 21.7 Å². The van der Waals surface area contributed by atoms with Crippen LogP contribution in [0.2, 0.25) is 0 Å². The number of halogens is 1. The minimum absolute atomic E-state index is 0.229. The maximum Gasteiger partial charge on any atom is 0.276 e. The maximum atomic E-state index is 12.4. The van der Waals surface area contributed by atoms with Crippen LogP contribution in [0.25, 0.3) is 5.69 Å². The molecule has 1 aromatic heterocycles. The summed E-state index contributed by atoms with van der Waals surface area (Å²) in [6.45, 7) is 3.93. The fourth-order valence-electron chi connectivity index (χ4n) is 2.32. The minimum Gasteiger partial charge on any atom is -0.320 e. The van der Waals surface area contributed by atoms with Crippen molar-refractivity contribution in [3.8, 4) is 5.69 Å². The van der Waals surface area contributed by atoms with Crippen LogP contribution in [-0.2, 0) is 0 Å². The number of hydrogen-bond acceptors (Lipinski definition) is 2. The van der Waals surface area contributed by atoms with E-state index in [0.717, 1.165) is 27.1 Å². The summed E-state index contributed by atoms with van der Waals surface area (Å²) < 4.78 is 2.61. The van der Waals surface area contributed by atoms with Crippen molar-refractivity contribution < 1.29 is 4.79 Å². The van der Waals surface area contributed by atoms with Crippen molar-refractivity contribution in [1.29, 1.82) is 0 Å². The smallest absolute Gasteiger partial charge is 0.276 e. The lowest BCUT2D eigenvalue weighted by Gasteiger charge is -2.06. The Morgan fingerprint density at radius 3 is 2.52 bits per heavy atom. The van der Waals surface area contributed by atoms with Crippen molar-refractivity contribution >= 4 is 27.5 Å². The van der Waals surface area contributed by atoms with Crippen LogP contribution in [0.5, 0.6) is 0 Å². The Morgan fingerprint density at radius 1 is 1.09 bits per heavy atom. The van der Waals surface area contributed by atoms with E-state index in [1.165, 1.54) is 0 Å². The highest BCUT2D eigenvalue weighted by Gasteiger charge is 2.14.